The fourth-order valence-corrected chi connectivity index (χ4v) is 1.71. The highest BCUT2D eigenvalue weighted by molar-refractivity contribution is 5.77. The van der Waals surface area contributed by atoms with Crippen molar-refractivity contribution in [3.63, 3.8) is 0 Å². The van der Waals surface area contributed by atoms with Crippen LogP contribution in [0.5, 0.6) is 0 Å². The van der Waals surface area contributed by atoms with E-state index in [1.54, 1.807) is 6.92 Å². The van der Waals surface area contributed by atoms with Crippen LogP contribution < -0.4 is 11.1 Å². The molecule has 0 bridgehead atoms. The molecule has 0 amide bonds. The third-order valence-electron chi connectivity index (χ3n) is 2.72. The van der Waals surface area contributed by atoms with E-state index in [4.69, 9.17) is 10.3 Å². The number of aliphatic imine (C=N–C) groups is 1. The van der Waals surface area contributed by atoms with Crippen LogP contribution in [0, 0.1) is 6.92 Å². The van der Waals surface area contributed by atoms with Gasteiger partial charge in [-0.05, 0) is 18.9 Å². The number of aromatic nitrogens is 2. The van der Waals surface area contributed by atoms with Gasteiger partial charge in [-0.15, -0.1) is 0 Å². The lowest BCUT2D eigenvalue weighted by Crippen LogP contribution is -2.32. The van der Waals surface area contributed by atoms with Crippen LogP contribution in [0.2, 0.25) is 0 Å². The predicted octanol–water partition coefficient (Wildman–Crippen LogP) is 1.42. The molecule has 6 nitrogen and oxygen atoms in total. The second-order valence-corrected chi connectivity index (χ2v) is 4.45. The summed E-state index contributed by atoms with van der Waals surface area (Å²) in [5, 5.41) is 6.81. The van der Waals surface area contributed by atoms with E-state index in [1.807, 2.05) is 30.3 Å². The van der Waals surface area contributed by atoms with Gasteiger partial charge in [0.1, 0.15) is 0 Å². The Morgan fingerprint density at radius 2 is 2.15 bits per heavy atom. The average molecular weight is 273 g/mol. The molecule has 0 aliphatic carbocycles. The Morgan fingerprint density at radius 3 is 2.85 bits per heavy atom. The maximum Gasteiger partial charge on any atom is 0.226 e. The van der Waals surface area contributed by atoms with E-state index in [9.17, 15) is 0 Å². The molecule has 0 saturated carbocycles. The second-order valence-electron chi connectivity index (χ2n) is 4.45. The molecule has 0 fully saturated rings. The van der Waals surface area contributed by atoms with E-state index in [0.717, 1.165) is 24.9 Å². The van der Waals surface area contributed by atoms with E-state index in [1.165, 1.54) is 0 Å². The summed E-state index contributed by atoms with van der Waals surface area (Å²) in [7, 11) is 0. The molecule has 1 aromatic heterocycles. The third kappa shape index (κ3) is 4.72. The number of nitrogens with zero attached hydrogens (tertiary/aromatic N) is 3. The zero-order valence-electron chi connectivity index (χ0n) is 11.5. The van der Waals surface area contributed by atoms with Crippen LogP contribution in [0.1, 0.15) is 23.7 Å². The van der Waals surface area contributed by atoms with Crippen molar-refractivity contribution >= 4 is 5.96 Å². The first kappa shape index (κ1) is 14.0. The lowest BCUT2D eigenvalue weighted by atomic mass is 10.2. The molecule has 0 saturated heterocycles. The zero-order chi connectivity index (χ0) is 14.2. The smallest absolute Gasteiger partial charge is 0.226 e. The minimum atomic E-state index is 0.454. The molecule has 6 heteroatoms. The van der Waals surface area contributed by atoms with Gasteiger partial charge in [-0.25, -0.2) is 4.99 Å². The molecule has 2 aromatic rings. The highest BCUT2D eigenvalue weighted by Gasteiger charge is 2.01. The number of nitrogens with two attached hydrogens (primary N) is 1. The molecule has 0 unspecified atom stereocenters. The maximum atomic E-state index is 5.79. The first-order valence-electron chi connectivity index (χ1n) is 6.61. The van der Waals surface area contributed by atoms with Crippen molar-refractivity contribution in [1.29, 1.82) is 0 Å². The molecule has 0 aliphatic rings. The van der Waals surface area contributed by atoms with Crippen LogP contribution in [-0.4, -0.2) is 22.6 Å². The summed E-state index contributed by atoms with van der Waals surface area (Å²) in [5.41, 5.74) is 6.93. The Kier molecular flexibility index (Phi) is 5.11. The van der Waals surface area contributed by atoms with Crippen LogP contribution in [0.4, 0.5) is 0 Å². The highest BCUT2D eigenvalue weighted by atomic mass is 16.5. The van der Waals surface area contributed by atoms with E-state index in [-0.39, 0.29) is 0 Å². The Morgan fingerprint density at radius 1 is 1.35 bits per heavy atom. The lowest BCUT2D eigenvalue weighted by Gasteiger charge is -2.04. The summed E-state index contributed by atoms with van der Waals surface area (Å²) >= 11 is 0. The summed E-state index contributed by atoms with van der Waals surface area (Å²) in [5.74, 6) is 1.77. The zero-order valence-corrected chi connectivity index (χ0v) is 11.5. The van der Waals surface area contributed by atoms with Gasteiger partial charge in [0.25, 0.3) is 0 Å². The number of benzene rings is 1. The minimum Gasteiger partial charge on any atom is -0.370 e. The number of nitrogens with one attached hydrogen (secondary N) is 1. The van der Waals surface area contributed by atoms with Crippen molar-refractivity contribution in [2.75, 3.05) is 6.54 Å². The van der Waals surface area contributed by atoms with Crippen molar-refractivity contribution in [3.8, 4) is 0 Å². The summed E-state index contributed by atoms with van der Waals surface area (Å²) in [6.07, 6.45) is 1.60. The van der Waals surface area contributed by atoms with Crippen molar-refractivity contribution in [1.82, 2.24) is 15.5 Å². The van der Waals surface area contributed by atoms with Crippen LogP contribution in [0.25, 0.3) is 0 Å². The molecule has 1 aromatic carbocycles. The number of aryl methyl sites for hydroxylation is 2. The van der Waals surface area contributed by atoms with Gasteiger partial charge in [-0.2, -0.15) is 4.98 Å². The fraction of sp³-hybridized carbons (Fsp3) is 0.357. The van der Waals surface area contributed by atoms with E-state index in [2.05, 4.69) is 20.4 Å². The van der Waals surface area contributed by atoms with Gasteiger partial charge < -0.3 is 15.6 Å². The lowest BCUT2D eigenvalue weighted by molar-refractivity contribution is 0.372. The Labute approximate surface area is 118 Å². The molecule has 0 atom stereocenters. The predicted molar refractivity (Wildman–Crippen MR) is 77.1 cm³/mol. The van der Waals surface area contributed by atoms with Gasteiger partial charge in [-0.3, -0.25) is 0 Å². The van der Waals surface area contributed by atoms with E-state index < -0.39 is 0 Å². The topological polar surface area (TPSA) is 89.3 Å². The quantitative estimate of drug-likeness (QED) is 0.472. The Bertz CT molecular complexity index is 550. The van der Waals surface area contributed by atoms with Gasteiger partial charge in [-0.1, -0.05) is 35.5 Å². The molecular weight excluding hydrogens is 254 g/mol. The van der Waals surface area contributed by atoms with Crippen LogP contribution in [0.15, 0.2) is 39.8 Å². The van der Waals surface area contributed by atoms with Crippen LogP contribution in [0.3, 0.4) is 0 Å². The normalized spacial score (nSPS) is 11.6. The first-order valence-corrected chi connectivity index (χ1v) is 6.61. The van der Waals surface area contributed by atoms with E-state index >= 15 is 0 Å². The molecule has 0 radical (unpaired) electrons. The molecule has 1 heterocycles. The van der Waals surface area contributed by atoms with Gasteiger partial charge in [0.15, 0.2) is 11.8 Å². The number of hydrogen-bond donors (Lipinski definition) is 2. The maximum absolute atomic E-state index is 5.79. The Balaban J connectivity index is 1.66. The van der Waals surface area contributed by atoms with Crippen LogP contribution in [-0.2, 0) is 13.0 Å². The molecule has 20 heavy (non-hydrogen) atoms. The van der Waals surface area contributed by atoms with Gasteiger partial charge in [0, 0.05) is 13.0 Å². The van der Waals surface area contributed by atoms with Crippen LogP contribution >= 0.6 is 0 Å². The minimum absolute atomic E-state index is 0.454. The fourth-order valence-electron chi connectivity index (χ4n) is 1.71. The number of hydrogen-bond acceptors (Lipinski definition) is 4. The SMILES string of the molecule is Cc1noc(CCCNC(N)=NCc2ccccc2)n1. The first-order chi connectivity index (χ1) is 9.74. The second kappa shape index (κ2) is 7.28. The summed E-state index contributed by atoms with van der Waals surface area (Å²) < 4.78 is 5.03. The molecular formula is C14H19N5O. The van der Waals surface area contributed by atoms with Crippen molar-refractivity contribution in [2.45, 2.75) is 26.3 Å². The van der Waals surface area contributed by atoms with Gasteiger partial charge in [0.05, 0.1) is 6.54 Å². The van der Waals surface area contributed by atoms with Gasteiger partial charge >= 0.3 is 0 Å². The summed E-state index contributed by atoms with van der Waals surface area (Å²) in [6.45, 7) is 3.12. The highest BCUT2D eigenvalue weighted by Crippen LogP contribution is 2.00. The average Bonchev–Trinajstić information content (AvgIpc) is 2.88. The summed E-state index contributed by atoms with van der Waals surface area (Å²) in [6, 6.07) is 10.00. The molecule has 3 N–H and O–H groups in total. The Hall–Kier alpha value is -2.37. The van der Waals surface area contributed by atoms with Gasteiger partial charge in [0.2, 0.25) is 5.89 Å². The molecule has 0 aliphatic heterocycles. The molecule has 106 valence electrons. The van der Waals surface area contributed by atoms with E-state index in [0.29, 0.717) is 24.2 Å². The standard InChI is InChI=1S/C14H19N5O/c1-11-18-13(20-19-11)8-5-9-16-14(15)17-10-12-6-3-2-4-7-12/h2-4,6-7H,5,8-10H2,1H3,(H3,15,16,17). The molecule has 0 spiro atoms. The molecule has 2 rings (SSSR count). The third-order valence-corrected chi connectivity index (χ3v) is 2.72. The van der Waals surface area contributed by atoms with Crippen molar-refractivity contribution < 1.29 is 4.52 Å². The van der Waals surface area contributed by atoms with Crippen molar-refractivity contribution in [2.24, 2.45) is 10.7 Å². The van der Waals surface area contributed by atoms with Crippen molar-refractivity contribution in [3.05, 3.63) is 47.6 Å². The number of rotatable bonds is 6. The number of guanidine groups is 1. The largest absolute Gasteiger partial charge is 0.370 e. The monoisotopic (exact) mass is 273 g/mol. The summed E-state index contributed by atoms with van der Waals surface area (Å²) in [4.78, 5) is 8.41.